The molecule has 1 heterocycles. The van der Waals surface area contributed by atoms with E-state index in [-0.39, 0.29) is 31.5 Å². The highest BCUT2D eigenvalue weighted by Crippen LogP contribution is 2.45. The number of benzene rings is 3. The van der Waals surface area contributed by atoms with Gasteiger partial charge in [0.25, 0.3) is 0 Å². The smallest absolute Gasteiger partial charge is 0.409 e. The molecule has 0 spiro atoms. The summed E-state index contributed by atoms with van der Waals surface area (Å²) in [7, 11) is 1.56. The SMILES string of the molecule is CCOc1cc([C@@H]2CN(C(=O)OCC3c4ccccc4-c4ccccc43)C[C@H]2C(=O)O)ccc1OC. The third kappa shape index (κ3) is 4.26. The molecular weight excluding hydrogens is 458 g/mol. The first-order chi connectivity index (χ1) is 17.5. The zero-order chi connectivity index (χ0) is 25.2. The first-order valence-corrected chi connectivity index (χ1v) is 12.1. The van der Waals surface area contributed by atoms with Crippen LogP contribution in [0.4, 0.5) is 4.79 Å². The van der Waals surface area contributed by atoms with Gasteiger partial charge in [0, 0.05) is 24.9 Å². The number of carboxylic acids is 1. The van der Waals surface area contributed by atoms with Crippen molar-refractivity contribution in [3.05, 3.63) is 83.4 Å². The Morgan fingerprint density at radius 2 is 1.61 bits per heavy atom. The molecule has 0 bridgehead atoms. The number of carbonyl (C=O) groups excluding carboxylic acids is 1. The first-order valence-electron chi connectivity index (χ1n) is 12.1. The predicted octanol–water partition coefficient (Wildman–Crippen LogP) is 5.14. The van der Waals surface area contributed by atoms with Gasteiger partial charge in [0.05, 0.1) is 19.6 Å². The lowest BCUT2D eigenvalue weighted by Gasteiger charge is -2.20. The van der Waals surface area contributed by atoms with Crippen LogP contribution in [0.3, 0.4) is 0 Å². The van der Waals surface area contributed by atoms with Gasteiger partial charge in [-0.15, -0.1) is 0 Å². The number of likely N-dealkylation sites (tertiary alicyclic amines) is 1. The summed E-state index contributed by atoms with van der Waals surface area (Å²) < 4.78 is 16.8. The molecule has 3 aromatic carbocycles. The average Bonchev–Trinajstić information content (AvgIpc) is 3.48. The molecule has 1 aliphatic carbocycles. The fourth-order valence-corrected chi connectivity index (χ4v) is 5.42. The van der Waals surface area contributed by atoms with E-state index in [0.29, 0.717) is 18.1 Å². The second-order valence-corrected chi connectivity index (χ2v) is 9.10. The number of amides is 1. The Bertz CT molecular complexity index is 1240. The monoisotopic (exact) mass is 487 g/mol. The van der Waals surface area contributed by atoms with E-state index >= 15 is 0 Å². The molecule has 1 amide bonds. The van der Waals surface area contributed by atoms with Gasteiger partial charge >= 0.3 is 12.1 Å². The van der Waals surface area contributed by atoms with Crippen molar-refractivity contribution >= 4 is 12.1 Å². The molecule has 3 aromatic rings. The second kappa shape index (κ2) is 9.93. The van der Waals surface area contributed by atoms with Crippen LogP contribution in [0.2, 0.25) is 0 Å². The van der Waals surface area contributed by atoms with Gasteiger partial charge in [0.1, 0.15) is 6.61 Å². The molecule has 5 rings (SSSR count). The lowest BCUT2D eigenvalue weighted by atomic mass is 9.89. The Kier molecular flexibility index (Phi) is 6.55. The zero-order valence-electron chi connectivity index (χ0n) is 20.3. The molecule has 0 unspecified atom stereocenters. The van der Waals surface area contributed by atoms with Gasteiger partial charge in [-0.05, 0) is 46.9 Å². The highest BCUT2D eigenvalue weighted by Gasteiger charge is 2.42. The van der Waals surface area contributed by atoms with Crippen LogP contribution in [0.5, 0.6) is 11.5 Å². The Labute approximate surface area is 210 Å². The standard InChI is InChI=1S/C29H29NO6/c1-3-35-27-14-18(12-13-26(27)34-2)23-15-30(16-24(23)28(31)32)29(33)36-17-25-21-10-6-4-8-19(21)20-9-5-7-11-22(20)25/h4-14,23-25H,3,15-17H2,1-2H3,(H,31,32)/t23-,24+/m0/s1. The quantitative estimate of drug-likeness (QED) is 0.497. The maximum atomic E-state index is 13.1. The van der Waals surface area contributed by atoms with E-state index in [1.807, 2.05) is 43.3 Å². The van der Waals surface area contributed by atoms with Crippen molar-refractivity contribution in [2.45, 2.75) is 18.8 Å². The predicted molar refractivity (Wildman–Crippen MR) is 135 cm³/mol. The molecule has 2 aliphatic rings. The minimum atomic E-state index is -0.942. The highest BCUT2D eigenvalue weighted by atomic mass is 16.6. The molecule has 186 valence electrons. The Hall–Kier alpha value is -4.00. The number of methoxy groups -OCH3 is 1. The van der Waals surface area contributed by atoms with Crippen LogP contribution in [-0.4, -0.2) is 55.5 Å². The maximum Gasteiger partial charge on any atom is 0.409 e. The summed E-state index contributed by atoms with van der Waals surface area (Å²) >= 11 is 0. The van der Waals surface area contributed by atoms with Gasteiger partial charge in [0.2, 0.25) is 0 Å². The van der Waals surface area contributed by atoms with Crippen LogP contribution in [0, 0.1) is 5.92 Å². The van der Waals surface area contributed by atoms with E-state index in [1.165, 1.54) is 4.90 Å². The molecule has 1 N–H and O–H groups in total. The Morgan fingerprint density at radius 1 is 0.944 bits per heavy atom. The molecular formula is C29H29NO6. The van der Waals surface area contributed by atoms with E-state index in [9.17, 15) is 14.7 Å². The molecule has 1 fully saturated rings. The average molecular weight is 488 g/mol. The number of hydrogen-bond acceptors (Lipinski definition) is 5. The molecule has 0 aromatic heterocycles. The number of carbonyl (C=O) groups is 2. The van der Waals surface area contributed by atoms with Crippen molar-refractivity contribution in [1.82, 2.24) is 4.90 Å². The van der Waals surface area contributed by atoms with Crippen LogP contribution in [0.25, 0.3) is 11.1 Å². The third-order valence-electron chi connectivity index (χ3n) is 7.15. The van der Waals surface area contributed by atoms with Gasteiger partial charge < -0.3 is 24.2 Å². The molecule has 7 heteroatoms. The molecule has 0 saturated carbocycles. The van der Waals surface area contributed by atoms with Gasteiger partial charge in [-0.3, -0.25) is 4.79 Å². The number of carboxylic acid groups (broad SMARTS) is 1. The largest absolute Gasteiger partial charge is 0.493 e. The summed E-state index contributed by atoms with van der Waals surface area (Å²) in [6.07, 6.45) is -0.496. The third-order valence-corrected chi connectivity index (χ3v) is 7.15. The molecule has 7 nitrogen and oxygen atoms in total. The van der Waals surface area contributed by atoms with Crippen LogP contribution in [-0.2, 0) is 9.53 Å². The minimum absolute atomic E-state index is 0.0506. The van der Waals surface area contributed by atoms with Crippen LogP contribution in [0.15, 0.2) is 66.7 Å². The Morgan fingerprint density at radius 3 is 2.22 bits per heavy atom. The number of ether oxygens (including phenoxy) is 3. The van der Waals surface area contributed by atoms with E-state index in [4.69, 9.17) is 14.2 Å². The Balaban J connectivity index is 1.32. The molecule has 0 radical (unpaired) electrons. The van der Waals surface area contributed by atoms with Crippen molar-refractivity contribution in [3.8, 4) is 22.6 Å². The van der Waals surface area contributed by atoms with E-state index in [2.05, 4.69) is 24.3 Å². The number of rotatable bonds is 7. The van der Waals surface area contributed by atoms with Crippen molar-refractivity contribution in [1.29, 1.82) is 0 Å². The van der Waals surface area contributed by atoms with Gasteiger partial charge in [0.15, 0.2) is 11.5 Å². The van der Waals surface area contributed by atoms with Gasteiger partial charge in [-0.25, -0.2) is 4.79 Å². The van der Waals surface area contributed by atoms with E-state index in [1.54, 1.807) is 13.2 Å². The fourth-order valence-electron chi connectivity index (χ4n) is 5.42. The lowest BCUT2D eigenvalue weighted by Crippen LogP contribution is -2.31. The normalized spacial score (nSPS) is 18.4. The van der Waals surface area contributed by atoms with Crippen molar-refractivity contribution in [3.63, 3.8) is 0 Å². The summed E-state index contributed by atoms with van der Waals surface area (Å²) in [6, 6.07) is 21.7. The summed E-state index contributed by atoms with van der Waals surface area (Å²) in [5.74, 6) is -0.977. The summed E-state index contributed by atoms with van der Waals surface area (Å²) in [5.41, 5.74) is 5.38. The summed E-state index contributed by atoms with van der Waals surface area (Å²) in [6.45, 7) is 2.88. The minimum Gasteiger partial charge on any atom is -0.493 e. The summed E-state index contributed by atoms with van der Waals surface area (Å²) in [4.78, 5) is 26.7. The van der Waals surface area contributed by atoms with Crippen LogP contribution in [0.1, 0.15) is 35.4 Å². The molecule has 1 aliphatic heterocycles. The molecule has 2 atom stereocenters. The number of nitrogens with zero attached hydrogens (tertiary/aromatic N) is 1. The number of fused-ring (bicyclic) bond motifs is 3. The van der Waals surface area contributed by atoms with E-state index in [0.717, 1.165) is 27.8 Å². The van der Waals surface area contributed by atoms with Crippen molar-refractivity contribution in [2.75, 3.05) is 33.4 Å². The second-order valence-electron chi connectivity index (χ2n) is 9.10. The molecule has 36 heavy (non-hydrogen) atoms. The lowest BCUT2D eigenvalue weighted by molar-refractivity contribution is -0.141. The maximum absolute atomic E-state index is 13.1. The van der Waals surface area contributed by atoms with Crippen molar-refractivity contribution in [2.24, 2.45) is 5.92 Å². The van der Waals surface area contributed by atoms with Gasteiger partial charge in [-0.2, -0.15) is 0 Å². The number of aliphatic carboxylic acids is 1. The number of hydrogen-bond donors (Lipinski definition) is 1. The van der Waals surface area contributed by atoms with E-state index < -0.39 is 18.0 Å². The summed E-state index contributed by atoms with van der Waals surface area (Å²) in [5, 5.41) is 9.90. The van der Waals surface area contributed by atoms with Crippen LogP contribution < -0.4 is 9.47 Å². The van der Waals surface area contributed by atoms with Gasteiger partial charge in [-0.1, -0.05) is 54.6 Å². The zero-order valence-corrected chi connectivity index (χ0v) is 20.3. The fraction of sp³-hybridized carbons (Fsp3) is 0.310. The molecule has 1 saturated heterocycles. The highest BCUT2D eigenvalue weighted by molar-refractivity contribution is 5.79. The van der Waals surface area contributed by atoms with Crippen LogP contribution >= 0.6 is 0 Å². The first kappa shape index (κ1) is 23.7. The van der Waals surface area contributed by atoms with Crippen molar-refractivity contribution < 1.29 is 28.9 Å². The topological polar surface area (TPSA) is 85.3 Å².